The first kappa shape index (κ1) is 9.81. The number of aliphatic hydroxyl groups is 1. The Balaban J connectivity index is 1.86. The summed E-state index contributed by atoms with van der Waals surface area (Å²) < 4.78 is 2.10. The molecule has 0 radical (unpaired) electrons. The molecule has 0 saturated carbocycles. The van der Waals surface area contributed by atoms with Crippen LogP contribution < -0.4 is 0 Å². The average Bonchev–Trinajstić information content (AvgIpc) is 2.87. The zero-order chi connectivity index (χ0) is 11.0. The van der Waals surface area contributed by atoms with Crippen molar-refractivity contribution in [2.24, 2.45) is 0 Å². The molecular formula is C12H15N3O. The van der Waals surface area contributed by atoms with Crippen molar-refractivity contribution in [2.75, 3.05) is 13.1 Å². The summed E-state index contributed by atoms with van der Waals surface area (Å²) in [7, 11) is 0. The van der Waals surface area contributed by atoms with Gasteiger partial charge in [0.1, 0.15) is 5.65 Å². The van der Waals surface area contributed by atoms with E-state index in [2.05, 4.69) is 20.4 Å². The van der Waals surface area contributed by atoms with Gasteiger partial charge in [-0.25, -0.2) is 4.98 Å². The quantitative estimate of drug-likeness (QED) is 0.812. The molecule has 1 aliphatic heterocycles. The Hall–Kier alpha value is -1.39. The molecule has 1 fully saturated rings. The summed E-state index contributed by atoms with van der Waals surface area (Å²) in [4.78, 5) is 6.54. The maximum absolute atomic E-state index is 9.49. The third-order valence-corrected chi connectivity index (χ3v) is 3.15. The summed E-state index contributed by atoms with van der Waals surface area (Å²) in [5, 5.41) is 9.49. The van der Waals surface area contributed by atoms with E-state index in [4.69, 9.17) is 0 Å². The van der Waals surface area contributed by atoms with E-state index in [1.165, 1.54) is 5.69 Å². The van der Waals surface area contributed by atoms with Gasteiger partial charge in [-0.1, -0.05) is 6.07 Å². The molecular weight excluding hydrogens is 202 g/mol. The molecule has 1 saturated heterocycles. The number of hydrogen-bond acceptors (Lipinski definition) is 3. The van der Waals surface area contributed by atoms with Gasteiger partial charge < -0.3 is 9.51 Å². The maximum atomic E-state index is 9.49. The van der Waals surface area contributed by atoms with E-state index in [9.17, 15) is 5.11 Å². The van der Waals surface area contributed by atoms with E-state index in [0.717, 1.165) is 31.7 Å². The van der Waals surface area contributed by atoms with Crippen LogP contribution in [0.15, 0.2) is 30.6 Å². The standard InChI is InChI=1S/C12H15N3O/c16-11-4-6-14(9-11)8-10-2-1-3-12-13-5-7-15(10)12/h1-3,5,7,11,16H,4,6,8-9H2/t11-/m1/s1. The number of aliphatic hydroxyl groups excluding tert-OH is 1. The second-order valence-electron chi connectivity index (χ2n) is 4.35. The topological polar surface area (TPSA) is 40.8 Å². The van der Waals surface area contributed by atoms with Gasteiger partial charge in [-0.05, 0) is 18.6 Å². The summed E-state index contributed by atoms with van der Waals surface area (Å²) >= 11 is 0. The summed E-state index contributed by atoms with van der Waals surface area (Å²) in [6.07, 6.45) is 4.54. The van der Waals surface area contributed by atoms with E-state index in [1.54, 1.807) is 0 Å². The number of pyridine rings is 1. The lowest BCUT2D eigenvalue weighted by atomic mass is 10.3. The number of imidazole rings is 1. The van der Waals surface area contributed by atoms with E-state index in [1.807, 2.05) is 24.5 Å². The number of rotatable bonds is 2. The molecule has 84 valence electrons. The van der Waals surface area contributed by atoms with E-state index < -0.39 is 0 Å². The largest absolute Gasteiger partial charge is 0.392 e. The lowest BCUT2D eigenvalue weighted by Gasteiger charge is -2.15. The summed E-state index contributed by atoms with van der Waals surface area (Å²) in [5.41, 5.74) is 2.21. The van der Waals surface area contributed by atoms with Crippen LogP contribution in [-0.4, -0.2) is 38.6 Å². The van der Waals surface area contributed by atoms with Crippen molar-refractivity contribution in [3.63, 3.8) is 0 Å². The molecule has 3 rings (SSSR count). The minimum Gasteiger partial charge on any atom is -0.392 e. The Bertz CT molecular complexity index is 494. The van der Waals surface area contributed by atoms with Crippen LogP contribution in [0.2, 0.25) is 0 Å². The first-order chi connectivity index (χ1) is 7.83. The Morgan fingerprint density at radius 1 is 1.44 bits per heavy atom. The number of hydrogen-bond donors (Lipinski definition) is 1. The van der Waals surface area contributed by atoms with Crippen molar-refractivity contribution in [3.05, 3.63) is 36.3 Å². The summed E-state index contributed by atoms with van der Waals surface area (Å²) in [6, 6.07) is 6.14. The molecule has 1 N–H and O–H groups in total. The number of fused-ring (bicyclic) bond motifs is 1. The highest BCUT2D eigenvalue weighted by atomic mass is 16.3. The van der Waals surface area contributed by atoms with Crippen LogP contribution >= 0.6 is 0 Å². The third kappa shape index (κ3) is 1.70. The van der Waals surface area contributed by atoms with Gasteiger partial charge in [0.2, 0.25) is 0 Å². The molecule has 2 aromatic rings. The molecule has 0 unspecified atom stereocenters. The van der Waals surface area contributed by atoms with Gasteiger partial charge in [-0.3, -0.25) is 4.90 Å². The van der Waals surface area contributed by atoms with Gasteiger partial charge in [-0.2, -0.15) is 0 Å². The summed E-state index contributed by atoms with van der Waals surface area (Å²) in [6.45, 7) is 2.64. The molecule has 2 aromatic heterocycles. The minimum atomic E-state index is -0.151. The first-order valence-electron chi connectivity index (χ1n) is 5.64. The molecule has 0 bridgehead atoms. The Kier molecular flexibility index (Phi) is 2.38. The van der Waals surface area contributed by atoms with Crippen molar-refractivity contribution in [1.29, 1.82) is 0 Å². The smallest absolute Gasteiger partial charge is 0.136 e. The van der Waals surface area contributed by atoms with Gasteiger partial charge in [0.25, 0.3) is 0 Å². The molecule has 0 amide bonds. The van der Waals surface area contributed by atoms with E-state index >= 15 is 0 Å². The van der Waals surface area contributed by atoms with Crippen molar-refractivity contribution < 1.29 is 5.11 Å². The average molecular weight is 217 g/mol. The lowest BCUT2D eigenvalue weighted by Crippen LogP contribution is -2.22. The highest BCUT2D eigenvalue weighted by molar-refractivity contribution is 5.39. The highest BCUT2D eigenvalue weighted by Gasteiger charge is 2.20. The van der Waals surface area contributed by atoms with Crippen LogP contribution in [0.3, 0.4) is 0 Å². The van der Waals surface area contributed by atoms with Gasteiger partial charge in [0, 0.05) is 37.7 Å². The van der Waals surface area contributed by atoms with Gasteiger partial charge in [0.05, 0.1) is 6.10 Å². The first-order valence-corrected chi connectivity index (χ1v) is 5.64. The molecule has 1 atom stereocenters. The van der Waals surface area contributed by atoms with Crippen molar-refractivity contribution >= 4 is 5.65 Å². The molecule has 1 aliphatic rings. The monoisotopic (exact) mass is 217 g/mol. The Morgan fingerprint density at radius 3 is 3.19 bits per heavy atom. The van der Waals surface area contributed by atoms with Crippen LogP contribution in [0.1, 0.15) is 12.1 Å². The number of likely N-dealkylation sites (tertiary alicyclic amines) is 1. The molecule has 4 heteroatoms. The number of nitrogens with zero attached hydrogens (tertiary/aromatic N) is 3. The van der Waals surface area contributed by atoms with Gasteiger partial charge in [-0.15, -0.1) is 0 Å². The molecule has 0 aromatic carbocycles. The number of β-amino-alcohol motifs (C(OH)–C–C–N with tert-alkyl or cyclic N) is 1. The number of aromatic nitrogens is 2. The zero-order valence-corrected chi connectivity index (χ0v) is 9.08. The molecule has 0 aliphatic carbocycles. The predicted octanol–water partition coefficient (Wildman–Crippen LogP) is 0.901. The second kappa shape index (κ2) is 3.88. The van der Waals surface area contributed by atoms with Crippen molar-refractivity contribution in [2.45, 2.75) is 19.1 Å². The van der Waals surface area contributed by atoms with Crippen LogP contribution in [0.5, 0.6) is 0 Å². The van der Waals surface area contributed by atoms with Crippen molar-refractivity contribution in [1.82, 2.24) is 14.3 Å². The molecule has 3 heterocycles. The fraction of sp³-hybridized carbons (Fsp3) is 0.417. The fourth-order valence-electron chi connectivity index (χ4n) is 2.32. The molecule has 0 spiro atoms. The maximum Gasteiger partial charge on any atom is 0.136 e. The Labute approximate surface area is 94.1 Å². The van der Waals surface area contributed by atoms with Gasteiger partial charge >= 0.3 is 0 Å². The molecule has 4 nitrogen and oxygen atoms in total. The molecule has 16 heavy (non-hydrogen) atoms. The van der Waals surface area contributed by atoms with Crippen LogP contribution in [-0.2, 0) is 6.54 Å². The van der Waals surface area contributed by atoms with Crippen molar-refractivity contribution in [3.8, 4) is 0 Å². The normalized spacial score (nSPS) is 21.9. The fourth-order valence-corrected chi connectivity index (χ4v) is 2.32. The minimum absolute atomic E-state index is 0.151. The van der Waals surface area contributed by atoms with Crippen LogP contribution in [0.4, 0.5) is 0 Å². The zero-order valence-electron chi connectivity index (χ0n) is 9.08. The van der Waals surface area contributed by atoms with Crippen LogP contribution in [0, 0.1) is 0 Å². The second-order valence-corrected chi connectivity index (χ2v) is 4.35. The van der Waals surface area contributed by atoms with E-state index in [0.29, 0.717) is 0 Å². The SMILES string of the molecule is O[C@@H]1CCN(Cc2cccc3nccn23)C1. The van der Waals surface area contributed by atoms with E-state index in [-0.39, 0.29) is 6.10 Å². The van der Waals surface area contributed by atoms with Gasteiger partial charge in [0.15, 0.2) is 0 Å². The lowest BCUT2D eigenvalue weighted by molar-refractivity contribution is 0.174. The summed E-state index contributed by atoms with van der Waals surface area (Å²) in [5.74, 6) is 0. The van der Waals surface area contributed by atoms with Crippen LogP contribution in [0.25, 0.3) is 5.65 Å². The highest BCUT2D eigenvalue weighted by Crippen LogP contribution is 2.14. The Morgan fingerprint density at radius 2 is 2.38 bits per heavy atom. The predicted molar refractivity (Wildman–Crippen MR) is 61.1 cm³/mol. The third-order valence-electron chi connectivity index (χ3n) is 3.15.